The fourth-order valence-corrected chi connectivity index (χ4v) is 0.618. The van der Waals surface area contributed by atoms with Gasteiger partial charge < -0.3 is 9.63 Å². The van der Waals surface area contributed by atoms with Crippen LogP contribution < -0.4 is 0 Å². The molecule has 0 aliphatic heterocycles. The van der Waals surface area contributed by atoms with Crippen LogP contribution in [0.3, 0.4) is 0 Å². The van der Waals surface area contributed by atoms with Crippen LogP contribution in [0.15, 0.2) is 0 Å². The van der Waals surface area contributed by atoms with Crippen LogP contribution >= 0.6 is 7.82 Å². The van der Waals surface area contributed by atoms with Gasteiger partial charge in [-0.2, -0.15) is 0 Å². The van der Waals surface area contributed by atoms with E-state index in [2.05, 4.69) is 4.52 Å². The van der Waals surface area contributed by atoms with Crippen LogP contribution in [0.1, 0.15) is 6.42 Å². The number of carboxylic acid groups (broad SMARTS) is 1. The Morgan fingerprint density at radius 2 is 1.82 bits per heavy atom. The van der Waals surface area contributed by atoms with Gasteiger partial charge in [0, 0.05) is 0 Å². The molecule has 0 rings (SSSR count). The summed E-state index contributed by atoms with van der Waals surface area (Å²) in [5, 5.41) is 7.93. The number of aliphatic carboxylic acids is 1. The number of rotatable bonds is 3. The molecule has 64 valence electrons. The minimum atomic E-state index is -4.89. The van der Waals surface area contributed by atoms with E-state index in [4.69, 9.17) is 14.9 Å². The molecule has 0 saturated carbocycles. The van der Waals surface area contributed by atoms with Crippen molar-refractivity contribution in [1.29, 1.82) is 0 Å². The number of phosphoric ester groups is 1. The van der Waals surface area contributed by atoms with E-state index in [1.54, 1.807) is 0 Å². The first-order chi connectivity index (χ1) is 4.81. The van der Waals surface area contributed by atoms with Gasteiger partial charge in [0.05, 0.1) is 0 Å². The van der Waals surface area contributed by atoms with Gasteiger partial charge in [-0.25, -0.2) is 4.57 Å². The summed E-state index contributed by atoms with van der Waals surface area (Å²) in [6, 6.07) is 0. The molecule has 0 aliphatic rings. The second-order valence-electron chi connectivity index (χ2n) is 1.52. The molecule has 7 nitrogen and oxygen atoms in total. The van der Waals surface area contributed by atoms with Gasteiger partial charge in [0.15, 0.2) is 0 Å². The summed E-state index contributed by atoms with van der Waals surface area (Å²) in [5.74, 6) is -2.98. The molecule has 0 heterocycles. The predicted molar refractivity (Wildman–Crippen MR) is 30.4 cm³/mol. The van der Waals surface area contributed by atoms with Crippen molar-refractivity contribution in [2.45, 2.75) is 6.42 Å². The Hall–Kier alpha value is -0.910. The van der Waals surface area contributed by atoms with E-state index in [9.17, 15) is 14.2 Å². The lowest BCUT2D eigenvalue weighted by Gasteiger charge is -2.01. The largest absolute Gasteiger partial charge is 0.527 e. The minimum Gasteiger partial charge on any atom is -0.481 e. The Morgan fingerprint density at radius 1 is 1.36 bits per heavy atom. The summed E-state index contributed by atoms with van der Waals surface area (Å²) in [4.78, 5) is 35.9. The third-order valence-electron chi connectivity index (χ3n) is 0.516. The standard InChI is InChI=1S/C3H5O7P/c4-2(5)1-3(6)10-11(7,8)9/h1H2,(H,4,5)(H2,7,8,9). The maximum Gasteiger partial charge on any atom is 0.527 e. The summed E-state index contributed by atoms with van der Waals surface area (Å²) >= 11 is 0. The Labute approximate surface area is 60.8 Å². The third kappa shape index (κ3) is 6.98. The van der Waals surface area contributed by atoms with Crippen LogP contribution in [0.2, 0.25) is 0 Å². The van der Waals surface area contributed by atoms with Crippen LogP contribution in [0.25, 0.3) is 0 Å². The summed E-state index contributed by atoms with van der Waals surface area (Å²) in [5.41, 5.74) is 0. The maximum atomic E-state index is 10.2. The van der Waals surface area contributed by atoms with Gasteiger partial charge in [0.25, 0.3) is 0 Å². The van der Waals surface area contributed by atoms with Crippen molar-refractivity contribution < 1.29 is 33.6 Å². The SMILES string of the molecule is O=C(O)CC(=O)OP(=O)(O)O. The van der Waals surface area contributed by atoms with E-state index in [-0.39, 0.29) is 0 Å². The van der Waals surface area contributed by atoms with E-state index < -0.39 is 26.2 Å². The summed E-state index contributed by atoms with van der Waals surface area (Å²) < 4.78 is 13.3. The molecule has 3 N–H and O–H groups in total. The topological polar surface area (TPSA) is 121 Å². The first-order valence-electron chi connectivity index (χ1n) is 2.31. The zero-order valence-electron chi connectivity index (χ0n) is 5.13. The number of hydrogen-bond acceptors (Lipinski definition) is 4. The second-order valence-corrected chi connectivity index (χ2v) is 2.69. The zero-order valence-corrected chi connectivity index (χ0v) is 6.02. The monoisotopic (exact) mass is 184 g/mol. The molecule has 0 aliphatic carbocycles. The molecule has 0 bridgehead atoms. The molecule has 0 spiro atoms. The number of phosphoric acid groups is 1. The van der Waals surface area contributed by atoms with E-state index in [0.717, 1.165) is 0 Å². The normalized spacial score (nSPS) is 10.7. The molecule has 0 amide bonds. The van der Waals surface area contributed by atoms with Crippen LogP contribution in [-0.2, 0) is 18.7 Å². The molecule has 0 aromatic heterocycles. The molecule has 0 fully saturated rings. The van der Waals surface area contributed by atoms with Crippen LogP contribution in [-0.4, -0.2) is 26.8 Å². The Bertz CT molecular complexity index is 214. The highest BCUT2D eigenvalue weighted by molar-refractivity contribution is 7.46. The molecular formula is C3H5O7P. The first-order valence-corrected chi connectivity index (χ1v) is 3.84. The minimum absolute atomic E-state index is 1.06. The highest BCUT2D eigenvalue weighted by Gasteiger charge is 2.21. The number of carboxylic acids is 1. The van der Waals surface area contributed by atoms with Gasteiger partial charge in [-0.1, -0.05) is 0 Å². The fraction of sp³-hybridized carbons (Fsp3) is 0.333. The Balaban J connectivity index is 3.90. The lowest BCUT2D eigenvalue weighted by atomic mass is 10.5. The highest BCUT2D eigenvalue weighted by atomic mass is 31.2. The molecule has 0 atom stereocenters. The van der Waals surface area contributed by atoms with Gasteiger partial charge in [0.1, 0.15) is 6.42 Å². The molecular weight excluding hydrogens is 179 g/mol. The van der Waals surface area contributed by atoms with E-state index in [0.29, 0.717) is 0 Å². The van der Waals surface area contributed by atoms with Gasteiger partial charge in [-0.3, -0.25) is 19.4 Å². The van der Waals surface area contributed by atoms with Crippen LogP contribution in [0.4, 0.5) is 0 Å². The Kier molecular flexibility index (Phi) is 3.18. The van der Waals surface area contributed by atoms with Gasteiger partial charge >= 0.3 is 19.8 Å². The summed E-state index contributed by atoms with van der Waals surface area (Å²) in [6.45, 7) is 0. The highest BCUT2D eigenvalue weighted by Crippen LogP contribution is 2.36. The molecule has 8 heteroatoms. The van der Waals surface area contributed by atoms with Crippen molar-refractivity contribution in [2.24, 2.45) is 0 Å². The lowest BCUT2D eigenvalue weighted by molar-refractivity contribution is -0.146. The smallest absolute Gasteiger partial charge is 0.481 e. The van der Waals surface area contributed by atoms with E-state index in [1.165, 1.54) is 0 Å². The molecule has 0 unspecified atom stereocenters. The predicted octanol–water partition coefficient (Wildman–Crippen LogP) is -0.903. The van der Waals surface area contributed by atoms with Crippen molar-refractivity contribution in [3.63, 3.8) is 0 Å². The molecule has 0 saturated heterocycles. The first kappa shape index (κ1) is 10.1. The maximum absolute atomic E-state index is 10.2. The average Bonchev–Trinajstić information content (AvgIpc) is 1.53. The third-order valence-corrected chi connectivity index (χ3v) is 0.958. The fourth-order valence-electron chi connectivity index (χ4n) is 0.288. The van der Waals surface area contributed by atoms with Crippen molar-refractivity contribution >= 4 is 19.8 Å². The van der Waals surface area contributed by atoms with Crippen LogP contribution in [0, 0.1) is 0 Å². The van der Waals surface area contributed by atoms with Gasteiger partial charge in [0.2, 0.25) is 0 Å². The van der Waals surface area contributed by atoms with Crippen molar-refractivity contribution in [3.8, 4) is 0 Å². The summed E-state index contributed by atoms with van der Waals surface area (Å²) in [7, 11) is -4.89. The van der Waals surface area contributed by atoms with Crippen molar-refractivity contribution in [3.05, 3.63) is 0 Å². The van der Waals surface area contributed by atoms with Crippen LogP contribution in [0.5, 0.6) is 0 Å². The van der Waals surface area contributed by atoms with Crippen molar-refractivity contribution in [2.75, 3.05) is 0 Å². The summed E-state index contributed by atoms with van der Waals surface area (Å²) in [6.07, 6.45) is -1.06. The van der Waals surface area contributed by atoms with E-state index >= 15 is 0 Å². The molecule has 0 aromatic rings. The second kappa shape index (κ2) is 3.47. The van der Waals surface area contributed by atoms with Gasteiger partial charge in [-0.15, -0.1) is 0 Å². The number of carbonyl (C=O) groups excluding carboxylic acids is 1. The Morgan fingerprint density at radius 3 is 2.09 bits per heavy atom. The molecule has 0 radical (unpaired) electrons. The van der Waals surface area contributed by atoms with Gasteiger partial charge in [-0.05, 0) is 0 Å². The lowest BCUT2D eigenvalue weighted by Crippen LogP contribution is -2.08. The quantitative estimate of drug-likeness (QED) is 0.383. The average molecular weight is 184 g/mol. The van der Waals surface area contributed by atoms with E-state index in [1.807, 2.05) is 0 Å². The van der Waals surface area contributed by atoms with Crippen molar-refractivity contribution in [1.82, 2.24) is 0 Å². The molecule has 11 heavy (non-hydrogen) atoms. The number of hydrogen-bond donors (Lipinski definition) is 3. The zero-order chi connectivity index (χ0) is 9.07. The molecule has 0 aromatic carbocycles. The number of carbonyl (C=O) groups is 2.